The highest BCUT2D eigenvalue weighted by molar-refractivity contribution is 5.84. The molecule has 0 radical (unpaired) electrons. The average molecular weight is 373 g/mol. The van der Waals surface area contributed by atoms with Crippen molar-refractivity contribution >= 4 is 10.9 Å². The van der Waals surface area contributed by atoms with E-state index in [2.05, 4.69) is 53.1 Å². The van der Waals surface area contributed by atoms with E-state index in [0.29, 0.717) is 5.88 Å². The lowest BCUT2D eigenvalue weighted by Gasteiger charge is -2.16. The number of methoxy groups -OCH3 is 2. The van der Waals surface area contributed by atoms with Crippen LogP contribution in [0.3, 0.4) is 0 Å². The summed E-state index contributed by atoms with van der Waals surface area (Å²) in [5.41, 5.74) is 4.37. The first-order chi connectivity index (χ1) is 13.7. The Morgan fingerprint density at radius 2 is 1.71 bits per heavy atom. The number of nitrogens with zero attached hydrogens (tertiary/aromatic N) is 3. The second-order valence-corrected chi connectivity index (χ2v) is 6.67. The van der Waals surface area contributed by atoms with E-state index in [1.807, 2.05) is 30.5 Å². The van der Waals surface area contributed by atoms with Crippen molar-refractivity contribution in [3.63, 3.8) is 0 Å². The average Bonchev–Trinajstić information content (AvgIpc) is 3.17. The van der Waals surface area contributed by atoms with E-state index in [9.17, 15) is 0 Å². The summed E-state index contributed by atoms with van der Waals surface area (Å²) in [6.45, 7) is 2.18. The van der Waals surface area contributed by atoms with Gasteiger partial charge in [-0.3, -0.25) is 4.68 Å². The van der Waals surface area contributed by atoms with Crippen molar-refractivity contribution in [2.45, 2.75) is 19.4 Å². The molecule has 0 bridgehead atoms. The van der Waals surface area contributed by atoms with Crippen LogP contribution < -0.4 is 9.47 Å². The maximum absolute atomic E-state index is 5.27. The normalized spacial score (nSPS) is 12.1. The van der Waals surface area contributed by atoms with Gasteiger partial charge in [0.2, 0.25) is 5.88 Å². The van der Waals surface area contributed by atoms with Crippen LogP contribution in [0.5, 0.6) is 11.6 Å². The Kier molecular flexibility index (Phi) is 4.98. The zero-order chi connectivity index (χ0) is 19.5. The summed E-state index contributed by atoms with van der Waals surface area (Å²) in [5, 5.41) is 5.93. The number of fused-ring (bicyclic) bond motifs is 1. The maximum atomic E-state index is 5.27. The molecule has 4 aromatic rings. The molecule has 2 aromatic carbocycles. The van der Waals surface area contributed by atoms with Crippen LogP contribution in [0.1, 0.15) is 24.9 Å². The van der Waals surface area contributed by atoms with E-state index in [1.165, 1.54) is 5.56 Å². The van der Waals surface area contributed by atoms with Crippen molar-refractivity contribution in [1.82, 2.24) is 14.8 Å². The third-order valence-corrected chi connectivity index (χ3v) is 5.01. The molecule has 0 unspecified atom stereocenters. The van der Waals surface area contributed by atoms with Gasteiger partial charge in [-0.1, -0.05) is 25.1 Å². The maximum Gasteiger partial charge on any atom is 0.212 e. The number of aromatic nitrogens is 3. The Bertz CT molecular complexity index is 1070. The van der Waals surface area contributed by atoms with Gasteiger partial charge in [0, 0.05) is 29.4 Å². The van der Waals surface area contributed by atoms with Crippen LogP contribution >= 0.6 is 0 Å². The number of rotatable bonds is 6. The van der Waals surface area contributed by atoms with Gasteiger partial charge in [-0.15, -0.1) is 0 Å². The van der Waals surface area contributed by atoms with Gasteiger partial charge in [-0.05, 0) is 47.9 Å². The lowest BCUT2D eigenvalue weighted by Crippen LogP contribution is -2.10. The van der Waals surface area contributed by atoms with Crippen LogP contribution in [0.4, 0.5) is 0 Å². The topological polar surface area (TPSA) is 49.2 Å². The Hall–Kier alpha value is -3.34. The quantitative estimate of drug-likeness (QED) is 0.471. The second-order valence-electron chi connectivity index (χ2n) is 6.67. The predicted octanol–water partition coefficient (Wildman–Crippen LogP) is 5.11. The molecule has 0 aliphatic heterocycles. The molecule has 1 atom stereocenters. The number of hydrogen-bond donors (Lipinski definition) is 0. The second kappa shape index (κ2) is 7.72. The standard InChI is InChI=1S/C23H23N3O2/c1-4-22(16-5-9-20(27-2)10-6-16)26-15-19-13-17(7-11-21(19)25-26)18-8-12-23(28-3)24-14-18/h5-15,22H,4H2,1-3H3/t22-/m0/s1. The van der Waals surface area contributed by atoms with E-state index in [4.69, 9.17) is 14.6 Å². The fourth-order valence-electron chi connectivity index (χ4n) is 3.46. The smallest absolute Gasteiger partial charge is 0.212 e. The molecule has 0 amide bonds. The Morgan fingerprint density at radius 1 is 0.929 bits per heavy atom. The van der Waals surface area contributed by atoms with Crippen molar-refractivity contribution in [3.05, 3.63) is 72.6 Å². The summed E-state index contributed by atoms with van der Waals surface area (Å²) < 4.78 is 12.5. The number of ether oxygens (including phenoxy) is 2. The van der Waals surface area contributed by atoms with Crippen LogP contribution in [-0.4, -0.2) is 29.0 Å². The lowest BCUT2D eigenvalue weighted by molar-refractivity contribution is 0.398. The van der Waals surface area contributed by atoms with Crippen LogP contribution in [0.25, 0.3) is 22.0 Å². The third-order valence-electron chi connectivity index (χ3n) is 5.01. The van der Waals surface area contributed by atoms with E-state index in [-0.39, 0.29) is 6.04 Å². The van der Waals surface area contributed by atoms with Crippen molar-refractivity contribution < 1.29 is 9.47 Å². The van der Waals surface area contributed by atoms with Crippen LogP contribution in [0.2, 0.25) is 0 Å². The monoisotopic (exact) mass is 373 g/mol. The predicted molar refractivity (Wildman–Crippen MR) is 111 cm³/mol. The highest BCUT2D eigenvalue weighted by Crippen LogP contribution is 2.28. The van der Waals surface area contributed by atoms with E-state index < -0.39 is 0 Å². The van der Waals surface area contributed by atoms with Crippen LogP contribution in [0.15, 0.2) is 67.0 Å². The molecule has 5 heteroatoms. The summed E-state index contributed by atoms with van der Waals surface area (Å²) in [5.74, 6) is 1.48. The zero-order valence-corrected chi connectivity index (χ0v) is 16.3. The van der Waals surface area contributed by atoms with Gasteiger partial charge < -0.3 is 9.47 Å². The van der Waals surface area contributed by atoms with Gasteiger partial charge in [0.05, 0.1) is 25.8 Å². The van der Waals surface area contributed by atoms with Crippen molar-refractivity contribution in [1.29, 1.82) is 0 Å². The molecule has 2 heterocycles. The van der Waals surface area contributed by atoms with Gasteiger partial charge in [0.25, 0.3) is 0 Å². The molecule has 0 aliphatic rings. The van der Waals surface area contributed by atoms with E-state index in [0.717, 1.165) is 34.2 Å². The minimum Gasteiger partial charge on any atom is -0.497 e. The summed E-state index contributed by atoms with van der Waals surface area (Å²) in [7, 11) is 3.30. The van der Waals surface area contributed by atoms with Crippen molar-refractivity contribution in [2.75, 3.05) is 14.2 Å². The fraction of sp³-hybridized carbons (Fsp3) is 0.217. The SMILES string of the molecule is CC[C@@H](c1ccc(OC)cc1)n1cc2cc(-c3ccc(OC)nc3)ccc2n1. The first-order valence-electron chi connectivity index (χ1n) is 9.35. The molecule has 0 spiro atoms. The largest absolute Gasteiger partial charge is 0.497 e. The molecular weight excluding hydrogens is 350 g/mol. The molecule has 0 fully saturated rings. The molecular formula is C23H23N3O2. The van der Waals surface area contributed by atoms with Crippen LogP contribution in [-0.2, 0) is 0 Å². The molecule has 0 aliphatic carbocycles. The minimum absolute atomic E-state index is 0.185. The summed E-state index contributed by atoms with van der Waals surface area (Å²) in [6.07, 6.45) is 4.90. The molecule has 0 saturated heterocycles. The Balaban J connectivity index is 1.67. The molecule has 5 nitrogen and oxygen atoms in total. The molecule has 142 valence electrons. The van der Waals surface area contributed by atoms with E-state index in [1.54, 1.807) is 14.2 Å². The van der Waals surface area contributed by atoms with Gasteiger partial charge >= 0.3 is 0 Å². The lowest BCUT2D eigenvalue weighted by atomic mass is 10.0. The number of hydrogen-bond acceptors (Lipinski definition) is 4. The molecule has 2 aromatic heterocycles. The Morgan fingerprint density at radius 3 is 2.36 bits per heavy atom. The highest BCUT2D eigenvalue weighted by Gasteiger charge is 2.14. The Labute approximate surface area is 164 Å². The first kappa shape index (κ1) is 18.0. The van der Waals surface area contributed by atoms with Crippen LogP contribution in [0, 0.1) is 0 Å². The van der Waals surface area contributed by atoms with Gasteiger partial charge in [-0.25, -0.2) is 4.98 Å². The minimum atomic E-state index is 0.185. The van der Waals surface area contributed by atoms with Gasteiger partial charge in [0.15, 0.2) is 0 Å². The van der Waals surface area contributed by atoms with E-state index >= 15 is 0 Å². The molecule has 28 heavy (non-hydrogen) atoms. The zero-order valence-electron chi connectivity index (χ0n) is 16.3. The molecule has 4 rings (SSSR count). The van der Waals surface area contributed by atoms with Crippen molar-refractivity contribution in [2.24, 2.45) is 0 Å². The first-order valence-corrected chi connectivity index (χ1v) is 9.35. The van der Waals surface area contributed by atoms with Gasteiger partial charge in [0.1, 0.15) is 5.75 Å². The third kappa shape index (κ3) is 3.43. The summed E-state index contributed by atoms with van der Waals surface area (Å²) in [4.78, 5) is 4.30. The number of pyridine rings is 1. The summed E-state index contributed by atoms with van der Waals surface area (Å²) in [6, 6.07) is 18.6. The molecule has 0 N–H and O–H groups in total. The fourth-order valence-corrected chi connectivity index (χ4v) is 3.46. The summed E-state index contributed by atoms with van der Waals surface area (Å²) >= 11 is 0. The highest BCUT2D eigenvalue weighted by atomic mass is 16.5. The van der Waals surface area contributed by atoms with Gasteiger partial charge in [-0.2, -0.15) is 5.10 Å². The number of benzene rings is 2. The molecule has 0 saturated carbocycles. The van der Waals surface area contributed by atoms with Crippen molar-refractivity contribution in [3.8, 4) is 22.8 Å².